The number of carbonyl (C=O) groups is 1. The highest BCUT2D eigenvalue weighted by atomic mass is 16.1. The van der Waals surface area contributed by atoms with E-state index in [0.29, 0.717) is 11.7 Å². The van der Waals surface area contributed by atoms with Crippen LogP contribution in [0.15, 0.2) is 0 Å². The number of nitrogens with one attached hydrogen (secondary N) is 1. The van der Waals surface area contributed by atoms with Crippen LogP contribution in [0.1, 0.15) is 52.9 Å². The van der Waals surface area contributed by atoms with Crippen LogP contribution in [0.2, 0.25) is 0 Å². The summed E-state index contributed by atoms with van der Waals surface area (Å²) in [5.74, 6) is 1.10. The maximum Gasteiger partial charge on any atom is 0.139 e. The Morgan fingerprint density at radius 1 is 1.27 bits per heavy atom. The summed E-state index contributed by atoms with van der Waals surface area (Å²) in [6.07, 6.45) is 5.11. The first-order valence-corrected chi connectivity index (χ1v) is 6.36. The van der Waals surface area contributed by atoms with Gasteiger partial charge in [-0.3, -0.25) is 4.79 Å². The first-order chi connectivity index (χ1) is 7.12. The standard InChI is InChI=1S/C13H25NO/c1-4-11(5-2)10-12(15)13(3)6-8-14-9-7-13/h11,14H,4-10H2,1-3H3. The van der Waals surface area contributed by atoms with Gasteiger partial charge in [-0.15, -0.1) is 0 Å². The van der Waals surface area contributed by atoms with Crippen LogP contribution in [-0.2, 0) is 4.79 Å². The van der Waals surface area contributed by atoms with Gasteiger partial charge in [0.25, 0.3) is 0 Å². The molecule has 0 unspecified atom stereocenters. The van der Waals surface area contributed by atoms with E-state index >= 15 is 0 Å². The third-order valence-electron chi connectivity index (χ3n) is 4.01. The maximum absolute atomic E-state index is 12.2. The van der Waals surface area contributed by atoms with Gasteiger partial charge in [-0.2, -0.15) is 0 Å². The third kappa shape index (κ3) is 3.30. The largest absolute Gasteiger partial charge is 0.317 e. The van der Waals surface area contributed by atoms with Gasteiger partial charge in [-0.05, 0) is 31.8 Å². The Morgan fingerprint density at radius 2 is 1.80 bits per heavy atom. The van der Waals surface area contributed by atoms with Crippen molar-refractivity contribution in [3.8, 4) is 0 Å². The van der Waals surface area contributed by atoms with Gasteiger partial charge in [0.05, 0.1) is 0 Å². The second kappa shape index (κ2) is 5.64. The van der Waals surface area contributed by atoms with Gasteiger partial charge >= 0.3 is 0 Å². The van der Waals surface area contributed by atoms with Crippen LogP contribution >= 0.6 is 0 Å². The van der Waals surface area contributed by atoms with Crippen molar-refractivity contribution in [3.05, 3.63) is 0 Å². The lowest BCUT2D eigenvalue weighted by molar-refractivity contribution is -0.130. The lowest BCUT2D eigenvalue weighted by atomic mass is 9.74. The number of piperidine rings is 1. The fraction of sp³-hybridized carbons (Fsp3) is 0.923. The zero-order valence-electron chi connectivity index (χ0n) is 10.4. The molecule has 0 spiro atoms. The molecule has 1 N–H and O–H groups in total. The van der Waals surface area contributed by atoms with E-state index in [1.807, 2.05) is 0 Å². The molecule has 0 saturated carbocycles. The second-order valence-electron chi connectivity index (χ2n) is 5.12. The number of hydrogen-bond acceptors (Lipinski definition) is 2. The Bertz CT molecular complexity index is 203. The number of carbonyl (C=O) groups excluding carboxylic acids is 1. The highest BCUT2D eigenvalue weighted by molar-refractivity contribution is 5.84. The molecule has 0 aliphatic carbocycles. The molecule has 0 amide bonds. The molecule has 0 bridgehead atoms. The number of hydrogen-bond donors (Lipinski definition) is 1. The van der Waals surface area contributed by atoms with E-state index in [9.17, 15) is 4.79 Å². The van der Waals surface area contributed by atoms with E-state index in [-0.39, 0.29) is 5.41 Å². The van der Waals surface area contributed by atoms with E-state index in [1.165, 1.54) is 0 Å². The smallest absolute Gasteiger partial charge is 0.139 e. The summed E-state index contributed by atoms with van der Waals surface area (Å²) in [7, 11) is 0. The predicted octanol–water partition coefficient (Wildman–Crippen LogP) is 2.77. The first kappa shape index (κ1) is 12.7. The maximum atomic E-state index is 12.2. The molecule has 2 nitrogen and oxygen atoms in total. The number of ketones is 1. The van der Waals surface area contributed by atoms with Gasteiger partial charge < -0.3 is 5.32 Å². The third-order valence-corrected chi connectivity index (χ3v) is 4.01. The van der Waals surface area contributed by atoms with Crippen molar-refractivity contribution in [1.29, 1.82) is 0 Å². The molecular weight excluding hydrogens is 186 g/mol. The van der Waals surface area contributed by atoms with Crippen LogP contribution in [0.25, 0.3) is 0 Å². The van der Waals surface area contributed by atoms with Gasteiger partial charge in [0.15, 0.2) is 0 Å². The molecule has 2 heteroatoms. The van der Waals surface area contributed by atoms with Crippen LogP contribution in [0.3, 0.4) is 0 Å². The average Bonchev–Trinajstić information content (AvgIpc) is 2.26. The van der Waals surface area contributed by atoms with Crippen LogP contribution in [0.4, 0.5) is 0 Å². The van der Waals surface area contributed by atoms with Gasteiger partial charge in [0.1, 0.15) is 5.78 Å². The SMILES string of the molecule is CCC(CC)CC(=O)C1(C)CCNCC1. The molecule has 1 heterocycles. The molecule has 0 radical (unpaired) electrons. The highest BCUT2D eigenvalue weighted by Crippen LogP contribution is 2.32. The van der Waals surface area contributed by atoms with E-state index in [4.69, 9.17) is 0 Å². The lowest BCUT2D eigenvalue weighted by Gasteiger charge is -2.33. The number of Topliss-reactive ketones (excluding diaryl/α,β-unsaturated/α-hetero) is 1. The van der Waals surface area contributed by atoms with Crippen molar-refractivity contribution in [3.63, 3.8) is 0 Å². The van der Waals surface area contributed by atoms with E-state index in [1.54, 1.807) is 0 Å². The van der Waals surface area contributed by atoms with Crippen LogP contribution in [0, 0.1) is 11.3 Å². The fourth-order valence-electron chi connectivity index (χ4n) is 2.34. The van der Waals surface area contributed by atoms with Crippen molar-refractivity contribution in [2.24, 2.45) is 11.3 Å². The Labute approximate surface area is 93.8 Å². The lowest BCUT2D eigenvalue weighted by Crippen LogP contribution is -2.40. The molecule has 0 aromatic carbocycles. The molecule has 1 fully saturated rings. The summed E-state index contributed by atoms with van der Waals surface area (Å²) in [4.78, 5) is 12.2. The minimum atomic E-state index is -0.0339. The van der Waals surface area contributed by atoms with Gasteiger partial charge in [0.2, 0.25) is 0 Å². The van der Waals surface area contributed by atoms with E-state index < -0.39 is 0 Å². The minimum absolute atomic E-state index is 0.0339. The quantitative estimate of drug-likeness (QED) is 0.757. The monoisotopic (exact) mass is 211 g/mol. The second-order valence-corrected chi connectivity index (χ2v) is 5.12. The topological polar surface area (TPSA) is 29.1 Å². The summed E-state index contributed by atoms with van der Waals surface area (Å²) in [6.45, 7) is 8.53. The highest BCUT2D eigenvalue weighted by Gasteiger charge is 2.34. The van der Waals surface area contributed by atoms with Gasteiger partial charge in [-0.1, -0.05) is 33.6 Å². The van der Waals surface area contributed by atoms with Crippen molar-refractivity contribution in [2.45, 2.75) is 52.9 Å². The average molecular weight is 211 g/mol. The normalized spacial score (nSPS) is 20.5. The first-order valence-electron chi connectivity index (χ1n) is 6.36. The summed E-state index contributed by atoms with van der Waals surface area (Å²) in [5.41, 5.74) is -0.0339. The summed E-state index contributed by atoms with van der Waals surface area (Å²) >= 11 is 0. The molecule has 0 aromatic heterocycles. The Hall–Kier alpha value is -0.370. The van der Waals surface area contributed by atoms with Crippen molar-refractivity contribution in [1.82, 2.24) is 5.32 Å². The molecule has 1 aliphatic rings. The van der Waals surface area contributed by atoms with Gasteiger partial charge in [-0.25, -0.2) is 0 Å². The Kier molecular flexibility index (Phi) is 4.78. The molecule has 88 valence electrons. The van der Waals surface area contributed by atoms with Crippen LogP contribution in [-0.4, -0.2) is 18.9 Å². The van der Waals surface area contributed by atoms with Crippen molar-refractivity contribution >= 4 is 5.78 Å². The summed E-state index contributed by atoms with van der Waals surface area (Å²) < 4.78 is 0. The van der Waals surface area contributed by atoms with Crippen LogP contribution in [0.5, 0.6) is 0 Å². The Morgan fingerprint density at radius 3 is 2.27 bits per heavy atom. The van der Waals surface area contributed by atoms with E-state index in [2.05, 4.69) is 26.1 Å². The summed E-state index contributed by atoms with van der Waals surface area (Å²) in [5, 5.41) is 3.32. The fourth-order valence-corrected chi connectivity index (χ4v) is 2.34. The minimum Gasteiger partial charge on any atom is -0.317 e. The molecular formula is C13H25NO. The molecule has 0 atom stereocenters. The molecule has 1 rings (SSSR count). The molecule has 1 aliphatic heterocycles. The van der Waals surface area contributed by atoms with Gasteiger partial charge in [0, 0.05) is 11.8 Å². The number of rotatable bonds is 5. The predicted molar refractivity (Wildman–Crippen MR) is 63.9 cm³/mol. The molecule has 15 heavy (non-hydrogen) atoms. The van der Waals surface area contributed by atoms with E-state index in [0.717, 1.165) is 45.2 Å². The molecule has 0 aromatic rings. The van der Waals surface area contributed by atoms with Crippen molar-refractivity contribution in [2.75, 3.05) is 13.1 Å². The zero-order valence-corrected chi connectivity index (χ0v) is 10.4. The Balaban J connectivity index is 2.50. The van der Waals surface area contributed by atoms with Crippen LogP contribution < -0.4 is 5.32 Å². The zero-order chi connectivity index (χ0) is 11.3. The summed E-state index contributed by atoms with van der Waals surface area (Å²) in [6, 6.07) is 0. The molecule has 1 saturated heterocycles. The van der Waals surface area contributed by atoms with Crippen molar-refractivity contribution < 1.29 is 4.79 Å².